The van der Waals surface area contributed by atoms with E-state index in [2.05, 4.69) is 22.9 Å². The van der Waals surface area contributed by atoms with Gasteiger partial charge in [-0.05, 0) is 55.7 Å². The fraction of sp³-hybridized carbons (Fsp3) is 0.321. The third-order valence-electron chi connectivity index (χ3n) is 6.85. The van der Waals surface area contributed by atoms with Crippen molar-refractivity contribution >= 4 is 33.6 Å². The van der Waals surface area contributed by atoms with Crippen LogP contribution in [0.1, 0.15) is 48.9 Å². The molecular weight excluding hydrogens is 424 g/mol. The first kappa shape index (κ1) is 22.1. The fourth-order valence-electron chi connectivity index (χ4n) is 5.11. The van der Waals surface area contributed by atoms with Gasteiger partial charge < -0.3 is 14.8 Å². The predicted molar refractivity (Wildman–Crippen MR) is 135 cm³/mol. The monoisotopic (exact) mass is 454 g/mol. The Morgan fingerprint density at radius 3 is 2.68 bits per heavy atom. The van der Waals surface area contributed by atoms with E-state index in [4.69, 9.17) is 4.98 Å². The largest absolute Gasteiger partial charge is 0.346 e. The average molecular weight is 455 g/mol. The maximum absolute atomic E-state index is 13.4. The third-order valence-corrected chi connectivity index (χ3v) is 6.85. The number of aromatic nitrogens is 2. The number of benzene rings is 3. The molecule has 0 saturated carbocycles. The number of hydrogen-bond donors (Lipinski definition) is 1. The van der Waals surface area contributed by atoms with E-state index < -0.39 is 0 Å². The summed E-state index contributed by atoms with van der Waals surface area (Å²) in [4.78, 5) is 33.2. The van der Waals surface area contributed by atoms with Crippen molar-refractivity contribution in [3.8, 4) is 0 Å². The standard InChI is InChI=1S/C28H30N4O2/c1-3-32-25-16-7-6-15-24(25)30-26(32)19(2)29-27(33)21-12-9-17-31(18-21)28(34)23-14-8-11-20-10-4-5-13-22(20)23/h4-8,10-11,13-16,19,21H,3,9,12,17-18H2,1-2H3,(H,29,33). The first-order chi connectivity index (χ1) is 16.6. The normalized spacial score (nSPS) is 17.1. The number of imidazole rings is 1. The molecule has 6 heteroatoms. The molecule has 1 aliphatic heterocycles. The molecule has 4 aromatic rings. The molecule has 34 heavy (non-hydrogen) atoms. The molecule has 0 spiro atoms. The molecule has 2 heterocycles. The molecule has 0 aliphatic carbocycles. The van der Waals surface area contributed by atoms with Crippen LogP contribution in [-0.2, 0) is 11.3 Å². The Bertz CT molecular complexity index is 1350. The highest BCUT2D eigenvalue weighted by Crippen LogP contribution is 2.25. The van der Waals surface area contributed by atoms with Crippen molar-refractivity contribution in [2.24, 2.45) is 5.92 Å². The summed E-state index contributed by atoms with van der Waals surface area (Å²) < 4.78 is 2.15. The molecule has 1 aromatic heterocycles. The highest BCUT2D eigenvalue weighted by molar-refractivity contribution is 6.07. The molecule has 2 atom stereocenters. The molecule has 174 valence electrons. The van der Waals surface area contributed by atoms with Crippen LogP contribution in [0.3, 0.4) is 0 Å². The van der Waals surface area contributed by atoms with Crippen LogP contribution in [-0.4, -0.2) is 39.4 Å². The molecule has 1 aliphatic rings. The van der Waals surface area contributed by atoms with Crippen LogP contribution in [0.25, 0.3) is 21.8 Å². The Hall–Kier alpha value is -3.67. The summed E-state index contributed by atoms with van der Waals surface area (Å²) in [5, 5.41) is 5.17. The van der Waals surface area contributed by atoms with Gasteiger partial charge in [0.1, 0.15) is 5.82 Å². The molecule has 0 radical (unpaired) electrons. The second-order valence-corrected chi connectivity index (χ2v) is 9.05. The number of hydrogen-bond acceptors (Lipinski definition) is 3. The topological polar surface area (TPSA) is 67.2 Å². The summed E-state index contributed by atoms with van der Waals surface area (Å²) in [6.45, 7) is 5.96. The van der Waals surface area contributed by atoms with E-state index in [1.165, 1.54) is 0 Å². The smallest absolute Gasteiger partial charge is 0.254 e. The van der Waals surface area contributed by atoms with Gasteiger partial charge in [-0.3, -0.25) is 9.59 Å². The van der Waals surface area contributed by atoms with Crippen LogP contribution in [0.5, 0.6) is 0 Å². The second kappa shape index (κ2) is 9.29. The lowest BCUT2D eigenvalue weighted by molar-refractivity contribution is -0.127. The van der Waals surface area contributed by atoms with Gasteiger partial charge in [-0.15, -0.1) is 0 Å². The molecule has 1 fully saturated rings. The lowest BCUT2D eigenvalue weighted by Gasteiger charge is -2.33. The van der Waals surface area contributed by atoms with Gasteiger partial charge in [0, 0.05) is 25.2 Å². The van der Waals surface area contributed by atoms with Crippen LogP contribution >= 0.6 is 0 Å². The highest BCUT2D eigenvalue weighted by atomic mass is 16.2. The number of fused-ring (bicyclic) bond motifs is 2. The van der Waals surface area contributed by atoms with Crippen LogP contribution in [0.2, 0.25) is 0 Å². The molecule has 3 aromatic carbocycles. The minimum absolute atomic E-state index is 0.00451. The lowest BCUT2D eigenvalue weighted by atomic mass is 9.95. The Balaban J connectivity index is 1.31. The Morgan fingerprint density at radius 1 is 1.06 bits per heavy atom. The summed E-state index contributed by atoms with van der Waals surface area (Å²) in [6, 6.07) is 21.6. The van der Waals surface area contributed by atoms with E-state index in [9.17, 15) is 9.59 Å². The first-order valence-corrected chi connectivity index (χ1v) is 12.1. The van der Waals surface area contributed by atoms with Gasteiger partial charge in [0.25, 0.3) is 5.91 Å². The van der Waals surface area contributed by atoms with Crippen LogP contribution in [0.4, 0.5) is 0 Å². The Kier molecular flexibility index (Phi) is 6.05. The van der Waals surface area contributed by atoms with Crippen LogP contribution in [0, 0.1) is 5.92 Å². The maximum atomic E-state index is 13.4. The number of aryl methyl sites for hydroxylation is 1. The molecule has 1 N–H and O–H groups in total. The maximum Gasteiger partial charge on any atom is 0.254 e. The van der Waals surface area contributed by atoms with Gasteiger partial charge in [-0.1, -0.05) is 48.5 Å². The van der Waals surface area contributed by atoms with E-state index in [0.717, 1.165) is 47.0 Å². The van der Waals surface area contributed by atoms with Crippen LogP contribution in [0.15, 0.2) is 66.7 Å². The zero-order chi connectivity index (χ0) is 23.7. The first-order valence-electron chi connectivity index (χ1n) is 12.1. The SMILES string of the molecule is CCn1c(C(C)NC(=O)C2CCCN(C(=O)c3cccc4ccccc34)C2)nc2ccccc21. The number of amides is 2. The molecule has 2 unspecified atom stereocenters. The van der Waals surface area contributed by atoms with Gasteiger partial charge >= 0.3 is 0 Å². The van der Waals surface area contributed by atoms with Crippen molar-refractivity contribution in [3.63, 3.8) is 0 Å². The number of nitrogens with one attached hydrogen (secondary N) is 1. The number of nitrogens with zero attached hydrogens (tertiary/aromatic N) is 3. The van der Waals surface area contributed by atoms with Gasteiger partial charge in [-0.2, -0.15) is 0 Å². The van der Waals surface area contributed by atoms with Gasteiger partial charge in [0.05, 0.1) is 23.0 Å². The van der Waals surface area contributed by atoms with Gasteiger partial charge in [-0.25, -0.2) is 4.98 Å². The van der Waals surface area contributed by atoms with E-state index in [1.54, 1.807) is 0 Å². The van der Waals surface area contributed by atoms with Crippen molar-refractivity contribution in [2.45, 2.75) is 39.3 Å². The average Bonchev–Trinajstić information content (AvgIpc) is 3.27. The van der Waals surface area contributed by atoms with E-state index >= 15 is 0 Å². The minimum atomic E-state index is -0.227. The summed E-state index contributed by atoms with van der Waals surface area (Å²) in [6.07, 6.45) is 1.60. The van der Waals surface area contributed by atoms with E-state index in [-0.39, 0.29) is 23.8 Å². The van der Waals surface area contributed by atoms with Crippen molar-refractivity contribution in [1.29, 1.82) is 0 Å². The minimum Gasteiger partial charge on any atom is -0.346 e. The van der Waals surface area contributed by atoms with Crippen molar-refractivity contribution < 1.29 is 9.59 Å². The Labute approximate surface area is 199 Å². The van der Waals surface area contributed by atoms with E-state index in [1.807, 2.05) is 72.5 Å². The van der Waals surface area contributed by atoms with Crippen LogP contribution < -0.4 is 5.32 Å². The summed E-state index contributed by atoms with van der Waals surface area (Å²) >= 11 is 0. The zero-order valence-electron chi connectivity index (χ0n) is 19.7. The number of likely N-dealkylation sites (tertiary alicyclic amines) is 1. The van der Waals surface area contributed by atoms with E-state index in [0.29, 0.717) is 18.7 Å². The van der Waals surface area contributed by atoms with Crippen molar-refractivity contribution in [1.82, 2.24) is 19.8 Å². The van der Waals surface area contributed by atoms with Crippen molar-refractivity contribution in [3.05, 3.63) is 78.1 Å². The van der Waals surface area contributed by atoms with Gasteiger partial charge in [0.15, 0.2) is 0 Å². The fourth-order valence-corrected chi connectivity index (χ4v) is 5.11. The number of para-hydroxylation sites is 2. The number of carbonyl (C=O) groups excluding carboxylic acids is 2. The van der Waals surface area contributed by atoms with Crippen molar-refractivity contribution in [2.75, 3.05) is 13.1 Å². The number of rotatable bonds is 5. The lowest BCUT2D eigenvalue weighted by Crippen LogP contribution is -2.46. The Morgan fingerprint density at radius 2 is 1.82 bits per heavy atom. The molecule has 5 rings (SSSR count). The third kappa shape index (κ3) is 4.04. The quantitative estimate of drug-likeness (QED) is 0.465. The molecule has 6 nitrogen and oxygen atoms in total. The highest BCUT2D eigenvalue weighted by Gasteiger charge is 2.30. The molecule has 0 bridgehead atoms. The molecular formula is C28H30N4O2. The zero-order valence-corrected chi connectivity index (χ0v) is 19.7. The summed E-state index contributed by atoms with van der Waals surface area (Å²) in [7, 11) is 0. The number of carbonyl (C=O) groups is 2. The van der Waals surface area contributed by atoms with Gasteiger partial charge in [0.2, 0.25) is 5.91 Å². The summed E-state index contributed by atoms with van der Waals surface area (Å²) in [5.41, 5.74) is 2.71. The number of piperidine rings is 1. The summed E-state index contributed by atoms with van der Waals surface area (Å²) in [5.74, 6) is 0.610. The molecule has 1 saturated heterocycles. The molecule has 2 amide bonds. The predicted octanol–water partition coefficient (Wildman–Crippen LogP) is 4.94. The second-order valence-electron chi connectivity index (χ2n) is 9.05.